The van der Waals surface area contributed by atoms with Gasteiger partial charge in [-0.05, 0) is 35.9 Å². The Bertz CT molecular complexity index is 600. The molecule has 0 spiro atoms. The van der Waals surface area contributed by atoms with Crippen molar-refractivity contribution >= 4 is 23.6 Å². The maximum Gasteiger partial charge on any atom is 0.151 e. The number of carbonyl (C=O) groups is 1. The van der Waals surface area contributed by atoms with E-state index in [9.17, 15) is 9.18 Å². The molecule has 0 aliphatic carbocycles. The molecule has 0 aliphatic heterocycles. The number of rotatable bonds is 4. The van der Waals surface area contributed by atoms with Crippen LogP contribution in [0.5, 0.6) is 0 Å². The SMILES string of the molecule is CN(Cc1cccc(F)c1)c1ccc(C=O)c(Cl)c1. The molecule has 19 heavy (non-hydrogen) atoms. The molecule has 0 aliphatic rings. The third kappa shape index (κ3) is 3.32. The molecular formula is C15H13ClFNO. The summed E-state index contributed by atoms with van der Waals surface area (Å²) in [5.74, 6) is -0.250. The fourth-order valence-electron chi connectivity index (χ4n) is 1.85. The highest BCUT2D eigenvalue weighted by Gasteiger charge is 2.06. The Hall–Kier alpha value is -1.87. The number of hydrogen-bond donors (Lipinski definition) is 0. The van der Waals surface area contributed by atoms with Gasteiger partial charge in [0.05, 0.1) is 5.02 Å². The third-order valence-corrected chi connectivity index (χ3v) is 3.19. The first kappa shape index (κ1) is 13.6. The number of halogens is 2. The van der Waals surface area contributed by atoms with Crippen molar-refractivity contribution in [3.05, 3.63) is 64.4 Å². The van der Waals surface area contributed by atoms with Crippen LogP contribution in [0.3, 0.4) is 0 Å². The minimum absolute atomic E-state index is 0.250. The maximum atomic E-state index is 13.1. The number of anilines is 1. The van der Waals surface area contributed by atoms with Crippen molar-refractivity contribution in [3.8, 4) is 0 Å². The van der Waals surface area contributed by atoms with Gasteiger partial charge in [-0.1, -0.05) is 23.7 Å². The molecule has 2 rings (SSSR count). The molecule has 0 radical (unpaired) electrons. The van der Waals surface area contributed by atoms with Crippen molar-refractivity contribution in [2.45, 2.75) is 6.54 Å². The Morgan fingerprint density at radius 3 is 2.68 bits per heavy atom. The molecule has 0 atom stereocenters. The van der Waals surface area contributed by atoms with Crippen LogP contribution < -0.4 is 4.90 Å². The minimum atomic E-state index is -0.250. The van der Waals surface area contributed by atoms with Crippen LogP contribution >= 0.6 is 11.6 Å². The number of carbonyl (C=O) groups excluding carboxylic acids is 1. The first-order valence-corrected chi connectivity index (χ1v) is 6.18. The number of benzene rings is 2. The van der Waals surface area contributed by atoms with Gasteiger partial charge < -0.3 is 4.90 Å². The van der Waals surface area contributed by atoms with Crippen molar-refractivity contribution in [1.82, 2.24) is 0 Å². The highest BCUT2D eigenvalue weighted by Crippen LogP contribution is 2.23. The minimum Gasteiger partial charge on any atom is -0.370 e. The molecule has 2 aromatic carbocycles. The molecule has 0 heterocycles. The Morgan fingerprint density at radius 2 is 2.05 bits per heavy atom. The topological polar surface area (TPSA) is 20.3 Å². The fraction of sp³-hybridized carbons (Fsp3) is 0.133. The second kappa shape index (κ2) is 5.85. The molecule has 0 amide bonds. The summed E-state index contributed by atoms with van der Waals surface area (Å²) in [6, 6.07) is 11.7. The van der Waals surface area contributed by atoms with E-state index in [0.717, 1.165) is 17.5 Å². The summed E-state index contributed by atoms with van der Waals surface area (Å²) in [5.41, 5.74) is 2.21. The monoisotopic (exact) mass is 277 g/mol. The van der Waals surface area contributed by atoms with Crippen molar-refractivity contribution in [3.63, 3.8) is 0 Å². The lowest BCUT2D eigenvalue weighted by Gasteiger charge is -2.20. The van der Waals surface area contributed by atoms with E-state index >= 15 is 0 Å². The van der Waals surface area contributed by atoms with Gasteiger partial charge in [0.2, 0.25) is 0 Å². The van der Waals surface area contributed by atoms with E-state index in [0.29, 0.717) is 17.1 Å². The van der Waals surface area contributed by atoms with Gasteiger partial charge in [0.25, 0.3) is 0 Å². The summed E-state index contributed by atoms with van der Waals surface area (Å²) in [7, 11) is 1.89. The smallest absolute Gasteiger partial charge is 0.151 e. The first-order valence-electron chi connectivity index (χ1n) is 5.80. The van der Waals surface area contributed by atoms with Crippen molar-refractivity contribution in [2.24, 2.45) is 0 Å². The summed E-state index contributed by atoms with van der Waals surface area (Å²) in [5, 5.41) is 0.415. The van der Waals surface area contributed by atoms with Gasteiger partial charge in [-0.15, -0.1) is 0 Å². The lowest BCUT2D eigenvalue weighted by Crippen LogP contribution is -2.16. The molecule has 2 nitrogen and oxygen atoms in total. The first-order chi connectivity index (χ1) is 9.10. The van der Waals surface area contributed by atoms with Crippen LogP contribution in [0.1, 0.15) is 15.9 Å². The van der Waals surface area contributed by atoms with Crippen LogP contribution in [0, 0.1) is 5.82 Å². The summed E-state index contributed by atoms with van der Waals surface area (Å²) in [6.07, 6.45) is 0.721. The second-order valence-corrected chi connectivity index (χ2v) is 4.72. The van der Waals surface area contributed by atoms with Gasteiger partial charge in [0.1, 0.15) is 5.82 Å². The number of nitrogens with zero attached hydrogens (tertiary/aromatic N) is 1. The molecule has 0 saturated heterocycles. The summed E-state index contributed by atoms with van der Waals surface area (Å²) >= 11 is 5.98. The predicted octanol–water partition coefficient (Wildman–Crippen LogP) is 3.93. The zero-order valence-electron chi connectivity index (χ0n) is 10.4. The van der Waals surface area contributed by atoms with E-state index in [1.54, 1.807) is 18.2 Å². The van der Waals surface area contributed by atoms with E-state index in [1.807, 2.05) is 24.1 Å². The van der Waals surface area contributed by atoms with Gasteiger partial charge in [-0.25, -0.2) is 4.39 Å². The highest BCUT2D eigenvalue weighted by molar-refractivity contribution is 6.33. The predicted molar refractivity (Wildman–Crippen MR) is 75.3 cm³/mol. The van der Waals surface area contributed by atoms with Gasteiger partial charge >= 0.3 is 0 Å². The lowest BCUT2D eigenvalue weighted by molar-refractivity contribution is 0.112. The highest BCUT2D eigenvalue weighted by atomic mass is 35.5. The normalized spacial score (nSPS) is 10.3. The standard InChI is InChI=1S/C15H13ClFNO/c1-18(9-11-3-2-4-13(17)7-11)14-6-5-12(10-19)15(16)8-14/h2-8,10H,9H2,1H3. The molecule has 4 heteroatoms. The van der Waals surface area contributed by atoms with Gasteiger partial charge in [0.15, 0.2) is 6.29 Å². The molecule has 0 bridgehead atoms. The summed E-state index contributed by atoms with van der Waals surface area (Å²) in [4.78, 5) is 12.6. The van der Waals surface area contributed by atoms with Crippen LogP contribution in [0.15, 0.2) is 42.5 Å². The molecular weight excluding hydrogens is 265 g/mol. The fourth-order valence-corrected chi connectivity index (χ4v) is 2.07. The molecule has 0 saturated carbocycles. The average Bonchev–Trinajstić information content (AvgIpc) is 2.38. The zero-order chi connectivity index (χ0) is 13.8. The third-order valence-electron chi connectivity index (χ3n) is 2.86. The van der Waals surface area contributed by atoms with E-state index in [4.69, 9.17) is 11.6 Å². The van der Waals surface area contributed by atoms with Gasteiger partial charge in [-0.2, -0.15) is 0 Å². The maximum absolute atomic E-state index is 13.1. The Labute approximate surface area is 116 Å². The Kier molecular flexibility index (Phi) is 4.17. The van der Waals surface area contributed by atoms with Crippen LogP contribution in [0.25, 0.3) is 0 Å². The largest absolute Gasteiger partial charge is 0.370 e. The van der Waals surface area contributed by atoms with Crippen LogP contribution in [0.2, 0.25) is 5.02 Å². The lowest BCUT2D eigenvalue weighted by atomic mass is 10.1. The second-order valence-electron chi connectivity index (χ2n) is 4.31. The van der Waals surface area contributed by atoms with E-state index in [2.05, 4.69) is 0 Å². The van der Waals surface area contributed by atoms with Crippen LogP contribution in [-0.2, 0) is 6.54 Å². The van der Waals surface area contributed by atoms with Crippen LogP contribution in [0.4, 0.5) is 10.1 Å². The van der Waals surface area contributed by atoms with E-state index in [1.165, 1.54) is 12.1 Å². The number of hydrogen-bond acceptors (Lipinski definition) is 2. The molecule has 0 N–H and O–H groups in total. The van der Waals surface area contributed by atoms with E-state index in [-0.39, 0.29) is 5.82 Å². The van der Waals surface area contributed by atoms with Gasteiger partial charge in [-0.3, -0.25) is 4.79 Å². The number of aldehydes is 1. The van der Waals surface area contributed by atoms with Gasteiger partial charge in [0, 0.05) is 24.8 Å². The Balaban J connectivity index is 2.18. The summed E-state index contributed by atoms with van der Waals surface area (Å²) in [6.45, 7) is 0.564. The molecule has 0 aromatic heterocycles. The molecule has 98 valence electrons. The zero-order valence-corrected chi connectivity index (χ0v) is 11.2. The van der Waals surface area contributed by atoms with E-state index < -0.39 is 0 Å². The molecule has 0 unspecified atom stereocenters. The molecule has 2 aromatic rings. The Morgan fingerprint density at radius 1 is 1.26 bits per heavy atom. The summed E-state index contributed by atoms with van der Waals surface area (Å²) < 4.78 is 13.1. The van der Waals surface area contributed by atoms with Crippen molar-refractivity contribution in [1.29, 1.82) is 0 Å². The molecule has 0 fully saturated rings. The average molecular weight is 278 g/mol. The van der Waals surface area contributed by atoms with Crippen molar-refractivity contribution in [2.75, 3.05) is 11.9 Å². The van der Waals surface area contributed by atoms with Crippen molar-refractivity contribution < 1.29 is 9.18 Å². The quantitative estimate of drug-likeness (QED) is 0.789. The van der Waals surface area contributed by atoms with Crippen LogP contribution in [-0.4, -0.2) is 13.3 Å².